The van der Waals surface area contributed by atoms with Crippen LogP contribution in [0.3, 0.4) is 0 Å². The van der Waals surface area contributed by atoms with Gasteiger partial charge in [-0.3, -0.25) is 4.79 Å². The number of halogens is 1. The van der Waals surface area contributed by atoms with E-state index in [1.807, 2.05) is 32.0 Å². The summed E-state index contributed by atoms with van der Waals surface area (Å²) in [6.45, 7) is 3.89. The highest BCUT2D eigenvalue weighted by Gasteiger charge is 2.08. The number of anilines is 1. The molecule has 3 rings (SSSR count). The summed E-state index contributed by atoms with van der Waals surface area (Å²) in [4.78, 5) is 12.0. The Kier molecular flexibility index (Phi) is 5.35. The lowest BCUT2D eigenvalue weighted by Crippen LogP contribution is -2.14. The number of carbonyl (C=O) groups is 1. The van der Waals surface area contributed by atoms with Crippen molar-refractivity contribution in [2.75, 3.05) is 11.1 Å². The van der Waals surface area contributed by atoms with Crippen molar-refractivity contribution < 1.29 is 4.79 Å². The van der Waals surface area contributed by atoms with Gasteiger partial charge in [0.1, 0.15) is 5.03 Å². The van der Waals surface area contributed by atoms with Crippen molar-refractivity contribution in [3.05, 3.63) is 58.9 Å². The van der Waals surface area contributed by atoms with E-state index in [0.717, 1.165) is 11.4 Å². The zero-order valence-electron chi connectivity index (χ0n) is 13.7. The first-order valence-corrected chi connectivity index (χ1v) is 8.93. The topological polar surface area (TPSA) is 72.7 Å². The Balaban J connectivity index is 1.57. The summed E-state index contributed by atoms with van der Waals surface area (Å²) in [5.41, 5.74) is 2.63. The average molecular weight is 374 g/mol. The van der Waals surface area contributed by atoms with Crippen molar-refractivity contribution in [3.63, 3.8) is 0 Å². The maximum Gasteiger partial charge on any atom is 0.234 e. The highest BCUT2D eigenvalue weighted by atomic mass is 35.5. The molecule has 2 aromatic heterocycles. The van der Waals surface area contributed by atoms with Crippen LogP contribution in [0.5, 0.6) is 0 Å². The Labute approximate surface area is 154 Å². The zero-order valence-corrected chi connectivity index (χ0v) is 15.3. The third kappa shape index (κ3) is 4.58. The molecule has 1 N–H and O–H groups in total. The van der Waals surface area contributed by atoms with Crippen molar-refractivity contribution >= 4 is 35.0 Å². The molecular formula is C17H16ClN5OS. The minimum atomic E-state index is -0.114. The second kappa shape index (κ2) is 7.67. The predicted octanol–water partition coefficient (Wildman–Crippen LogP) is 3.66. The molecule has 3 aromatic rings. The first-order chi connectivity index (χ1) is 12.0. The molecule has 1 aromatic carbocycles. The molecule has 0 atom stereocenters. The number of rotatable bonds is 5. The molecule has 0 radical (unpaired) electrons. The normalized spacial score (nSPS) is 10.7. The Bertz CT molecular complexity index is 877. The van der Waals surface area contributed by atoms with E-state index in [-0.39, 0.29) is 11.7 Å². The lowest BCUT2D eigenvalue weighted by atomic mass is 10.3. The minimum Gasteiger partial charge on any atom is -0.325 e. The molecule has 0 bridgehead atoms. The molecule has 0 spiro atoms. The minimum absolute atomic E-state index is 0.114. The molecular weight excluding hydrogens is 358 g/mol. The summed E-state index contributed by atoms with van der Waals surface area (Å²) in [5, 5.41) is 16.8. The highest BCUT2D eigenvalue weighted by molar-refractivity contribution is 7.99. The lowest BCUT2D eigenvalue weighted by molar-refractivity contribution is -0.113. The van der Waals surface area contributed by atoms with Crippen LogP contribution in [0, 0.1) is 13.8 Å². The summed E-state index contributed by atoms with van der Waals surface area (Å²) in [6, 6.07) is 12.6. The van der Waals surface area contributed by atoms with Crippen LogP contribution in [-0.4, -0.2) is 31.6 Å². The second-order valence-electron chi connectivity index (χ2n) is 5.41. The van der Waals surface area contributed by atoms with E-state index in [0.29, 0.717) is 21.6 Å². The summed E-state index contributed by atoms with van der Waals surface area (Å²) >= 11 is 7.14. The monoisotopic (exact) mass is 373 g/mol. The summed E-state index contributed by atoms with van der Waals surface area (Å²) < 4.78 is 1.74. The maximum atomic E-state index is 12.0. The van der Waals surface area contributed by atoms with Gasteiger partial charge in [-0.1, -0.05) is 23.4 Å². The third-order valence-electron chi connectivity index (χ3n) is 3.33. The van der Waals surface area contributed by atoms with E-state index >= 15 is 0 Å². The second-order valence-corrected chi connectivity index (χ2v) is 6.84. The summed E-state index contributed by atoms with van der Waals surface area (Å²) in [7, 11) is 0. The van der Waals surface area contributed by atoms with Gasteiger partial charge in [-0.05, 0) is 56.3 Å². The van der Waals surface area contributed by atoms with Crippen LogP contribution in [0.4, 0.5) is 5.69 Å². The molecule has 0 aliphatic heterocycles. The van der Waals surface area contributed by atoms with Crippen LogP contribution in [0.25, 0.3) is 5.82 Å². The number of nitrogens with zero attached hydrogens (tertiary/aromatic N) is 4. The Morgan fingerprint density at radius 1 is 1.16 bits per heavy atom. The lowest BCUT2D eigenvalue weighted by Gasteiger charge is -2.06. The largest absolute Gasteiger partial charge is 0.325 e. The summed E-state index contributed by atoms with van der Waals surface area (Å²) in [5.74, 6) is 0.786. The van der Waals surface area contributed by atoms with E-state index in [9.17, 15) is 4.79 Å². The maximum absolute atomic E-state index is 12.0. The number of amides is 1. The molecule has 25 heavy (non-hydrogen) atoms. The number of carbonyl (C=O) groups excluding carboxylic acids is 1. The van der Waals surface area contributed by atoms with E-state index in [2.05, 4.69) is 20.6 Å². The molecule has 0 saturated carbocycles. The molecule has 1 amide bonds. The van der Waals surface area contributed by atoms with Crippen LogP contribution in [-0.2, 0) is 4.79 Å². The molecule has 0 fully saturated rings. The van der Waals surface area contributed by atoms with Gasteiger partial charge in [-0.15, -0.1) is 10.2 Å². The fraction of sp³-hybridized carbons (Fsp3) is 0.176. The van der Waals surface area contributed by atoms with E-state index < -0.39 is 0 Å². The first-order valence-electron chi connectivity index (χ1n) is 7.57. The standard InChI is InChI=1S/C17H16ClN5OS/c1-11-9-12(2)23(22-11)15-7-8-17(21-20-15)25-10-16(24)19-14-5-3-13(18)4-6-14/h3-9H,10H2,1-2H3,(H,19,24). The number of aromatic nitrogens is 4. The number of benzene rings is 1. The van der Waals surface area contributed by atoms with Crippen molar-refractivity contribution in [1.29, 1.82) is 0 Å². The quantitative estimate of drug-likeness (QED) is 0.691. The van der Waals surface area contributed by atoms with Crippen molar-refractivity contribution in [3.8, 4) is 5.82 Å². The Morgan fingerprint density at radius 3 is 2.52 bits per heavy atom. The van der Waals surface area contributed by atoms with Gasteiger partial charge in [0.05, 0.1) is 11.4 Å². The molecule has 2 heterocycles. The van der Waals surface area contributed by atoms with Gasteiger partial charge in [0, 0.05) is 16.4 Å². The number of hydrogen-bond acceptors (Lipinski definition) is 5. The fourth-order valence-electron chi connectivity index (χ4n) is 2.23. The number of thioether (sulfide) groups is 1. The SMILES string of the molecule is Cc1cc(C)n(-c2ccc(SCC(=O)Nc3ccc(Cl)cc3)nn2)n1. The molecule has 128 valence electrons. The van der Waals surface area contributed by atoms with Crippen LogP contribution in [0.2, 0.25) is 5.02 Å². The predicted molar refractivity (Wildman–Crippen MR) is 99.4 cm³/mol. The van der Waals surface area contributed by atoms with Gasteiger partial charge >= 0.3 is 0 Å². The van der Waals surface area contributed by atoms with Gasteiger partial charge in [-0.25, -0.2) is 4.68 Å². The zero-order chi connectivity index (χ0) is 17.8. The molecule has 0 unspecified atom stereocenters. The van der Waals surface area contributed by atoms with Gasteiger partial charge in [0.15, 0.2) is 5.82 Å². The van der Waals surface area contributed by atoms with Crippen molar-refractivity contribution in [2.45, 2.75) is 18.9 Å². The van der Waals surface area contributed by atoms with Gasteiger partial charge in [-0.2, -0.15) is 5.10 Å². The van der Waals surface area contributed by atoms with E-state index in [1.54, 1.807) is 28.9 Å². The third-order valence-corrected chi connectivity index (χ3v) is 4.50. The molecule has 0 aliphatic rings. The Morgan fingerprint density at radius 2 is 1.92 bits per heavy atom. The molecule has 0 saturated heterocycles. The smallest absolute Gasteiger partial charge is 0.234 e. The molecule has 6 nitrogen and oxygen atoms in total. The van der Waals surface area contributed by atoms with Crippen LogP contribution in [0.15, 0.2) is 47.5 Å². The highest BCUT2D eigenvalue weighted by Crippen LogP contribution is 2.18. The van der Waals surface area contributed by atoms with E-state index in [4.69, 9.17) is 11.6 Å². The van der Waals surface area contributed by atoms with E-state index in [1.165, 1.54) is 11.8 Å². The van der Waals surface area contributed by atoms with Gasteiger partial charge < -0.3 is 5.32 Å². The Hall–Kier alpha value is -2.38. The van der Waals surface area contributed by atoms with Gasteiger partial charge in [0.25, 0.3) is 0 Å². The van der Waals surface area contributed by atoms with Crippen molar-refractivity contribution in [2.24, 2.45) is 0 Å². The number of nitrogens with one attached hydrogen (secondary N) is 1. The van der Waals surface area contributed by atoms with Crippen molar-refractivity contribution in [1.82, 2.24) is 20.0 Å². The van der Waals surface area contributed by atoms with Crippen LogP contribution < -0.4 is 5.32 Å². The summed E-state index contributed by atoms with van der Waals surface area (Å²) in [6.07, 6.45) is 0. The number of hydrogen-bond donors (Lipinski definition) is 1. The van der Waals surface area contributed by atoms with Gasteiger partial charge in [0.2, 0.25) is 5.91 Å². The van der Waals surface area contributed by atoms with Crippen LogP contribution in [0.1, 0.15) is 11.4 Å². The first kappa shape index (κ1) is 17.4. The fourth-order valence-corrected chi connectivity index (χ4v) is 2.97. The molecule has 8 heteroatoms. The molecule has 0 aliphatic carbocycles. The number of aryl methyl sites for hydroxylation is 2. The average Bonchev–Trinajstić information content (AvgIpc) is 2.94. The van der Waals surface area contributed by atoms with Crippen LogP contribution >= 0.6 is 23.4 Å².